The lowest BCUT2D eigenvalue weighted by atomic mass is 9.75. The number of esters is 1. The van der Waals surface area contributed by atoms with Gasteiger partial charge in [-0.3, -0.25) is 0 Å². The van der Waals surface area contributed by atoms with Gasteiger partial charge in [-0.15, -0.1) is 0 Å². The quantitative estimate of drug-likeness (QED) is 0.595. The lowest BCUT2D eigenvalue weighted by Crippen LogP contribution is -2.41. The van der Waals surface area contributed by atoms with Crippen LogP contribution >= 0.6 is 0 Å². The molecule has 6 heteroatoms. The van der Waals surface area contributed by atoms with Crippen LogP contribution in [0.1, 0.15) is 59.6 Å². The van der Waals surface area contributed by atoms with Crippen molar-refractivity contribution in [2.75, 3.05) is 6.61 Å². The van der Waals surface area contributed by atoms with Gasteiger partial charge in [-0.05, 0) is 66.4 Å². The van der Waals surface area contributed by atoms with Crippen LogP contribution in [0.25, 0.3) is 0 Å². The van der Waals surface area contributed by atoms with Crippen LogP contribution in [0.2, 0.25) is 0 Å². The van der Waals surface area contributed by atoms with Gasteiger partial charge >= 0.3 is 13.1 Å². The van der Waals surface area contributed by atoms with E-state index >= 15 is 0 Å². The SMILES string of the molecule is Cc1ccc(COCC(=O)OC(C)(C)C)cc1B1OC(C)(C)C(C)(C)O1. The molecule has 0 radical (unpaired) electrons. The lowest BCUT2D eigenvalue weighted by Gasteiger charge is -2.32. The molecule has 1 heterocycles. The third-order valence-electron chi connectivity index (χ3n) is 4.76. The number of benzene rings is 1. The van der Waals surface area contributed by atoms with Crippen LogP contribution in [-0.4, -0.2) is 36.5 Å². The first-order chi connectivity index (χ1) is 11.8. The summed E-state index contributed by atoms with van der Waals surface area (Å²) in [6.07, 6.45) is 0. The highest BCUT2D eigenvalue weighted by molar-refractivity contribution is 6.62. The molecule has 26 heavy (non-hydrogen) atoms. The number of carbonyl (C=O) groups excluding carboxylic acids is 1. The van der Waals surface area contributed by atoms with Gasteiger partial charge in [-0.2, -0.15) is 0 Å². The molecule has 0 unspecified atom stereocenters. The maximum atomic E-state index is 11.7. The Bertz CT molecular complexity index is 645. The summed E-state index contributed by atoms with van der Waals surface area (Å²) in [5.74, 6) is -0.365. The van der Waals surface area contributed by atoms with E-state index in [-0.39, 0.29) is 23.8 Å². The molecule has 1 aliphatic heterocycles. The van der Waals surface area contributed by atoms with E-state index in [4.69, 9.17) is 18.8 Å². The Hall–Kier alpha value is -1.37. The molecule has 0 saturated carbocycles. The summed E-state index contributed by atoms with van der Waals surface area (Å²) in [6.45, 7) is 15.9. The van der Waals surface area contributed by atoms with Crippen LogP contribution in [-0.2, 0) is 30.2 Å². The van der Waals surface area contributed by atoms with Crippen LogP contribution in [0.4, 0.5) is 0 Å². The minimum absolute atomic E-state index is 0.0724. The molecule has 1 aliphatic rings. The van der Waals surface area contributed by atoms with E-state index in [0.29, 0.717) is 6.61 Å². The number of carbonyl (C=O) groups is 1. The third-order valence-corrected chi connectivity index (χ3v) is 4.76. The van der Waals surface area contributed by atoms with Crippen LogP contribution in [0.15, 0.2) is 18.2 Å². The molecule has 0 atom stereocenters. The first kappa shape index (κ1) is 20.9. The molecule has 0 bridgehead atoms. The molecule has 0 N–H and O–H groups in total. The average molecular weight is 362 g/mol. The summed E-state index contributed by atoms with van der Waals surface area (Å²) >= 11 is 0. The second-order valence-corrected chi connectivity index (χ2v) is 8.86. The highest BCUT2D eigenvalue weighted by Gasteiger charge is 2.52. The number of hydrogen-bond acceptors (Lipinski definition) is 5. The summed E-state index contributed by atoms with van der Waals surface area (Å²) in [7, 11) is -0.411. The molecule has 144 valence electrons. The largest absolute Gasteiger partial charge is 0.495 e. The highest BCUT2D eigenvalue weighted by atomic mass is 16.7. The molecule has 1 saturated heterocycles. The molecule has 2 rings (SSSR count). The Kier molecular flexibility index (Phi) is 5.91. The van der Waals surface area contributed by atoms with Crippen LogP contribution < -0.4 is 5.46 Å². The van der Waals surface area contributed by atoms with Gasteiger partial charge in [0, 0.05) is 0 Å². The molecule has 0 aliphatic carbocycles. The first-order valence-corrected chi connectivity index (χ1v) is 9.05. The fourth-order valence-electron chi connectivity index (χ4n) is 2.63. The van der Waals surface area contributed by atoms with E-state index in [9.17, 15) is 4.79 Å². The summed E-state index contributed by atoms with van der Waals surface area (Å²) in [4.78, 5) is 11.7. The lowest BCUT2D eigenvalue weighted by molar-refractivity contribution is -0.160. The van der Waals surface area contributed by atoms with Crippen molar-refractivity contribution in [3.63, 3.8) is 0 Å². The second-order valence-electron chi connectivity index (χ2n) is 8.86. The van der Waals surface area contributed by atoms with E-state index in [1.54, 1.807) is 0 Å². The summed E-state index contributed by atoms with van der Waals surface area (Å²) in [5, 5.41) is 0. The van der Waals surface area contributed by atoms with E-state index in [0.717, 1.165) is 16.6 Å². The van der Waals surface area contributed by atoms with E-state index in [1.807, 2.05) is 73.6 Å². The Morgan fingerprint density at radius 2 is 1.69 bits per heavy atom. The molecular weight excluding hydrogens is 331 g/mol. The van der Waals surface area contributed by atoms with Crippen molar-refractivity contribution in [3.05, 3.63) is 29.3 Å². The number of hydrogen-bond donors (Lipinski definition) is 0. The van der Waals surface area contributed by atoms with Crippen LogP contribution in [0.3, 0.4) is 0 Å². The topological polar surface area (TPSA) is 54.0 Å². The Morgan fingerprint density at radius 3 is 2.23 bits per heavy atom. The predicted octanol–water partition coefficient (Wildman–Crippen LogP) is 3.15. The van der Waals surface area contributed by atoms with Crippen molar-refractivity contribution < 1.29 is 23.6 Å². The zero-order valence-electron chi connectivity index (χ0n) is 17.3. The second kappa shape index (κ2) is 7.33. The monoisotopic (exact) mass is 362 g/mol. The van der Waals surface area contributed by atoms with Crippen molar-refractivity contribution in [3.8, 4) is 0 Å². The van der Waals surface area contributed by atoms with Crippen molar-refractivity contribution in [1.82, 2.24) is 0 Å². The van der Waals surface area contributed by atoms with Crippen molar-refractivity contribution in [2.45, 2.75) is 78.8 Å². The van der Waals surface area contributed by atoms with Crippen LogP contribution in [0.5, 0.6) is 0 Å². The van der Waals surface area contributed by atoms with Gasteiger partial charge in [0.15, 0.2) is 0 Å². The van der Waals surface area contributed by atoms with E-state index in [2.05, 4.69) is 0 Å². The fourth-order valence-corrected chi connectivity index (χ4v) is 2.63. The summed E-state index contributed by atoms with van der Waals surface area (Å²) in [5.41, 5.74) is 1.78. The Labute approximate surface area is 157 Å². The minimum Gasteiger partial charge on any atom is -0.458 e. The van der Waals surface area contributed by atoms with Crippen molar-refractivity contribution in [2.24, 2.45) is 0 Å². The standard InChI is InChI=1S/C20H31BO5/c1-14-9-10-15(12-23-13-17(22)24-18(2,3)4)11-16(14)21-25-19(5,6)20(7,8)26-21/h9-11H,12-13H2,1-8H3. The van der Waals surface area contributed by atoms with Crippen molar-refractivity contribution >= 4 is 18.6 Å². The third kappa shape index (κ3) is 5.09. The molecule has 1 aromatic rings. The highest BCUT2D eigenvalue weighted by Crippen LogP contribution is 2.36. The molecule has 1 fully saturated rings. The smallest absolute Gasteiger partial charge is 0.458 e. The zero-order chi connectivity index (χ0) is 19.8. The molecule has 0 spiro atoms. The number of rotatable bonds is 5. The Balaban J connectivity index is 2.01. The van der Waals surface area contributed by atoms with Gasteiger partial charge in [0.25, 0.3) is 0 Å². The van der Waals surface area contributed by atoms with Gasteiger partial charge < -0.3 is 18.8 Å². The molecule has 0 aromatic heterocycles. The van der Waals surface area contributed by atoms with E-state index in [1.165, 1.54) is 0 Å². The molecule has 1 aromatic carbocycles. The number of aryl methyl sites for hydroxylation is 1. The van der Waals surface area contributed by atoms with Gasteiger partial charge in [0.1, 0.15) is 12.2 Å². The van der Waals surface area contributed by atoms with Gasteiger partial charge in [-0.25, -0.2) is 4.79 Å². The molecule has 5 nitrogen and oxygen atoms in total. The minimum atomic E-state index is -0.506. The molecular formula is C20H31BO5. The first-order valence-electron chi connectivity index (χ1n) is 9.05. The Morgan fingerprint density at radius 1 is 1.12 bits per heavy atom. The molecule has 0 amide bonds. The summed E-state index contributed by atoms with van der Waals surface area (Å²) in [6, 6.07) is 6.03. The van der Waals surface area contributed by atoms with Crippen molar-refractivity contribution in [1.29, 1.82) is 0 Å². The van der Waals surface area contributed by atoms with Crippen LogP contribution in [0, 0.1) is 6.92 Å². The fraction of sp³-hybridized carbons (Fsp3) is 0.650. The number of ether oxygens (including phenoxy) is 2. The normalized spacial score (nSPS) is 18.8. The van der Waals surface area contributed by atoms with Gasteiger partial charge in [0.2, 0.25) is 0 Å². The van der Waals surface area contributed by atoms with Gasteiger partial charge in [-0.1, -0.05) is 23.8 Å². The maximum absolute atomic E-state index is 11.7. The zero-order valence-corrected chi connectivity index (χ0v) is 17.3. The average Bonchev–Trinajstić information content (AvgIpc) is 2.67. The maximum Gasteiger partial charge on any atom is 0.495 e. The van der Waals surface area contributed by atoms with Gasteiger partial charge in [0.05, 0.1) is 17.8 Å². The summed E-state index contributed by atoms with van der Waals surface area (Å²) < 4.78 is 23.0. The van der Waals surface area contributed by atoms with E-state index < -0.39 is 12.7 Å². The predicted molar refractivity (Wildman–Crippen MR) is 102 cm³/mol.